The summed E-state index contributed by atoms with van der Waals surface area (Å²) in [4.78, 5) is 6.62. The average molecular weight is 261 g/mol. The second kappa shape index (κ2) is 5.87. The van der Waals surface area contributed by atoms with Gasteiger partial charge in [0.15, 0.2) is 0 Å². The van der Waals surface area contributed by atoms with E-state index >= 15 is 0 Å². The van der Waals surface area contributed by atoms with Crippen LogP contribution in [0.2, 0.25) is 5.15 Å². The summed E-state index contributed by atoms with van der Waals surface area (Å²) in [6.45, 7) is 5.16. The lowest BCUT2D eigenvalue weighted by Gasteiger charge is -2.28. The number of halogens is 1. The van der Waals surface area contributed by atoms with Crippen LogP contribution in [0, 0.1) is 0 Å². The van der Waals surface area contributed by atoms with Crippen molar-refractivity contribution in [3.63, 3.8) is 0 Å². The van der Waals surface area contributed by atoms with E-state index in [0.717, 1.165) is 12.4 Å². The highest BCUT2D eigenvalue weighted by Gasteiger charge is 2.12. The molecule has 0 N–H and O–H groups in total. The van der Waals surface area contributed by atoms with E-state index in [1.807, 2.05) is 18.2 Å². The molecule has 0 atom stereocenters. The Bertz CT molecular complexity index is 497. The first-order valence-corrected chi connectivity index (χ1v) is 6.48. The van der Waals surface area contributed by atoms with Crippen LogP contribution in [0.3, 0.4) is 0 Å². The average Bonchev–Trinajstić information content (AvgIpc) is 2.37. The first-order valence-electron chi connectivity index (χ1n) is 6.10. The molecule has 1 aromatic heterocycles. The van der Waals surface area contributed by atoms with E-state index in [2.05, 4.69) is 48.0 Å². The molecule has 0 saturated carbocycles. The van der Waals surface area contributed by atoms with Crippen LogP contribution in [-0.4, -0.2) is 11.0 Å². The fourth-order valence-corrected chi connectivity index (χ4v) is 2.03. The van der Waals surface area contributed by atoms with Gasteiger partial charge in [0.25, 0.3) is 0 Å². The molecule has 0 fully saturated rings. The summed E-state index contributed by atoms with van der Waals surface area (Å²) in [7, 11) is 0. The van der Waals surface area contributed by atoms with Gasteiger partial charge >= 0.3 is 0 Å². The van der Waals surface area contributed by atoms with Gasteiger partial charge in [0.1, 0.15) is 11.0 Å². The maximum atomic E-state index is 5.96. The van der Waals surface area contributed by atoms with E-state index in [-0.39, 0.29) is 0 Å². The Morgan fingerprint density at radius 2 is 1.78 bits per heavy atom. The molecule has 0 spiro atoms. The number of rotatable bonds is 4. The zero-order valence-electron chi connectivity index (χ0n) is 10.7. The van der Waals surface area contributed by atoms with E-state index in [4.69, 9.17) is 11.6 Å². The summed E-state index contributed by atoms with van der Waals surface area (Å²) in [5.74, 6) is 0.918. The summed E-state index contributed by atoms with van der Waals surface area (Å²) in [6.07, 6.45) is 0. The predicted molar refractivity (Wildman–Crippen MR) is 77.0 cm³/mol. The Morgan fingerprint density at radius 3 is 2.39 bits per heavy atom. The van der Waals surface area contributed by atoms with Crippen molar-refractivity contribution >= 4 is 17.4 Å². The molecule has 0 radical (unpaired) electrons. The minimum atomic E-state index is 0.371. The Labute approximate surface area is 113 Å². The highest BCUT2D eigenvalue weighted by atomic mass is 35.5. The maximum absolute atomic E-state index is 5.96. The lowest BCUT2D eigenvalue weighted by atomic mass is 10.2. The number of pyridine rings is 1. The third-order valence-corrected chi connectivity index (χ3v) is 3.02. The maximum Gasteiger partial charge on any atom is 0.131 e. The molecule has 0 aliphatic heterocycles. The van der Waals surface area contributed by atoms with E-state index < -0.39 is 0 Å². The van der Waals surface area contributed by atoms with Crippen molar-refractivity contribution in [2.75, 3.05) is 4.90 Å². The third kappa shape index (κ3) is 3.23. The number of aromatic nitrogens is 1. The van der Waals surface area contributed by atoms with Crippen LogP contribution in [0.5, 0.6) is 0 Å². The van der Waals surface area contributed by atoms with E-state index in [0.29, 0.717) is 11.2 Å². The zero-order valence-corrected chi connectivity index (χ0v) is 11.4. The molecule has 18 heavy (non-hydrogen) atoms. The minimum Gasteiger partial charge on any atom is -0.350 e. The Hall–Kier alpha value is -1.54. The van der Waals surface area contributed by atoms with Gasteiger partial charge in [-0.15, -0.1) is 0 Å². The minimum absolute atomic E-state index is 0.371. The molecule has 2 rings (SSSR count). The van der Waals surface area contributed by atoms with Crippen LogP contribution in [0.15, 0.2) is 48.5 Å². The van der Waals surface area contributed by atoms with Gasteiger partial charge in [0.2, 0.25) is 0 Å². The number of anilines is 1. The number of hydrogen-bond donors (Lipinski definition) is 0. The monoisotopic (exact) mass is 260 g/mol. The van der Waals surface area contributed by atoms with Gasteiger partial charge in [-0.05, 0) is 31.5 Å². The number of nitrogens with zero attached hydrogens (tertiary/aromatic N) is 2. The van der Waals surface area contributed by atoms with Gasteiger partial charge in [-0.25, -0.2) is 4.98 Å². The normalized spacial score (nSPS) is 10.7. The van der Waals surface area contributed by atoms with Crippen LogP contribution < -0.4 is 4.90 Å². The Morgan fingerprint density at radius 1 is 1.06 bits per heavy atom. The van der Waals surface area contributed by atoms with Gasteiger partial charge in [0, 0.05) is 12.6 Å². The van der Waals surface area contributed by atoms with Crippen LogP contribution in [-0.2, 0) is 6.54 Å². The molecule has 0 unspecified atom stereocenters. The standard InChI is InChI=1S/C15H17ClN2/c1-12(2)18(11-13-7-4-3-5-8-13)15-10-6-9-14(16)17-15/h3-10,12H,11H2,1-2H3. The van der Waals surface area contributed by atoms with Crippen LogP contribution in [0.25, 0.3) is 0 Å². The molecule has 1 heterocycles. The zero-order chi connectivity index (χ0) is 13.0. The molecule has 0 aliphatic carbocycles. The van der Waals surface area contributed by atoms with E-state index in [1.54, 1.807) is 6.07 Å². The molecule has 2 nitrogen and oxygen atoms in total. The second-order valence-electron chi connectivity index (χ2n) is 4.53. The highest BCUT2D eigenvalue weighted by Crippen LogP contribution is 2.19. The summed E-state index contributed by atoms with van der Waals surface area (Å²) >= 11 is 5.96. The molecule has 0 saturated heterocycles. The smallest absolute Gasteiger partial charge is 0.131 e. The molecule has 1 aromatic carbocycles. The quantitative estimate of drug-likeness (QED) is 0.768. The van der Waals surface area contributed by atoms with Crippen molar-refractivity contribution in [1.29, 1.82) is 0 Å². The van der Waals surface area contributed by atoms with Crippen molar-refractivity contribution in [2.45, 2.75) is 26.4 Å². The van der Waals surface area contributed by atoms with E-state index in [1.165, 1.54) is 5.56 Å². The largest absolute Gasteiger partial charge is 0.350 e. The first-order chi connectivity index (χ1) is 8.66. The van der Waals surface area contributed by atoms with Crippen LogP contribution in [0.4, 0.5) is 5.82 Å². The van der Waals surface area contributed by atoms with Crippen molar-refractivity contribution < 1.29 is 0 Å². The topological polar surface area (TPSA) is 16.1 Å². The molecule has 0 amide bonds. The van der Waals surface area contributed by atoms with Gasteiger partial charge in [-0.3, -0.25) is 0 Å². The Balaban J connectivity index is 2.24. The van der Waals surface area contributed by atoms with Crippen molar-refractivity contribution in [3.05, 3.63) is 59.2 Å². The molecule has 2 aromatic rings. The Kier molecular flexibility index (Phi) is 4.21. The molecule has 94 valence electrons. The highest BCUT2D eigenvalue weighted by molar-refractivity contribution is 6.29. The molecule has 0 aliphatic rings. The number of hydrogen-bond acceptors (Lipinski definition) is 2. The summed E-state index contributed by atoms with van der Waals surface area (Å²) in [5.41, 5.74) is 1.27. The summed E-state index contributed by atoms with van der Waals surface area (Å²) < 4.78 is 0. The number of benzene rings is 1. The van der Waals surface area contributed by atoms with Crippen LogP contribution in [0.1, 0.15) is 19.4 Å². The van der Waals surface area contributed by atoms with Gasteiger partial charge in [0.05, 0.1) is 0 Å². The lowest BCUT2D eigenvalue weighted by molar-refractivity contribution is 0.672. The van der Waals surface area contributed by atoms with E-state index in [9.17, 15) is 0 Å². The third-order valence-electron chi connectivity index (χ3n) is 2.81. The van der Waals surface area contributed by atoms with Crippen molar-refractivity contribution in [2.24, 2.45) is 0 Å². The predicted octanol–water partition coefficient (Wildman–Crippen LogP) is 4.15. The molecular formula is C15H17ClN2. The van der Waals surface area contributed by atoms with Gasteiger partial charge in [-0.2, -0.15) is 0 Å². The summed E-state index contributed by atoms with van der Waals surface area (Å²) in [6, 6.07) is 16.5. The lowest BCUT2D eigenvalue weighted by Crippen LogP contribution is -2.30. The molecule has 0 bridgehead atoms. The second-order valence-corrected chi connectivity index (χ2v) is 4.91. The first kappa shape index (κ1) is 12.9. The molecular weight excluding hydrogens is 244 g/mol. The SMILES string of the molecule is CC(C)N(Cc1ccccc1)c1cccc(Cl)n1. The molecule has 3 heteroatoms. The van der Waals surface area contributed by atoms with Crippen molar-refractivity contribution in [3.8, 4) is 0 Å². The van der Waals surface area contributed by atoms with Gasteiger partial charge < -0.3 is 4.90 Å². The summed E-state index contributed by atoms with van der Waals surface area (Å²) in [5, 5.41) is 0.534. The van der Waals surface area contributed by atoms with Gasteiger partial charge in [-0.1, -0.05) is 48.0 Å². The van der Waals surface area contributed by atoms with Crippen molar-refractivity contribution in [1.82, 2.24) is 4.98 Å². The fraction of sp³-hybridized carbons (Fsp3) is 0.267. The van der Waals surface area contributed by atoms with Crippen LogP contribution >= 0.6 is 11.6 Å². The fourth-order valence-electron chi connectivity index (χ4n) is 1.87.